The zero-order valence-corrected chi connectivity index (χ0v) is 8.01. The first-order valence-electron chi connectivity index (χ1n) is 4.27. The zero-order chi connectivity index (χ0) is 10.1. The van der Waals surface area contributed by atoms with Crippen molar-refractivity contribution in [2.24, 2.45) is 7.05 Å². The monoisotopic (exact) mass is 193 g/mol. The fourth-order valence-electron chi connectivity index (χ4n) is 1.29. The normalized spacial score (nSPS) is 13.1. The van der Waals surface area contributed by atoms with Crippen LogP contribution in [0.3, 0.4) is 0 Å². The number of aryl methyl sites for hydroxylation is 2. The Morgan fingerprint density at radius 1 is 1.50 bits per heavy atom. The number of aliphatic hydroxyl groups excluding tert-OH is 1. The number of nitrogens with zero attached hydrogens (tertiary/aromatic N) is 3. The summed E-state index contributed by atoms with van der Waals surface area (Å²) >= 11 is 0. The Balaban J connectivity index is 2.33. The van der Waals surface area contributed by atoms with Crippen LogP contribution in [0.5, 0.6) is 0 Å². The Kier molecular flexibility index (Phi) is 2.09. The first-order valence-corrected chi connectivity index (χ1v) is 4.27. The Bertz CT molecular complexity index is 433. The molecule has 0 fully saturated rings. The average molecular weight is 193 g/mol. The van der Waals surface area contributed by atoms with Crippen LogP contribution in [0, 0.1) is 6.92 Å². The lowest BCUT2D eigenvalue weighted by Crippen LogP contribution is -2.05. The van der Waals surface area contributed by atoms with E-state index in [9.17, 15) is 5.11 Å². The summed E-state index contributed by atoms with van der Waals surface area (Å²) in [6.07, 6.45) is 0.714. The summed E-state index contributed by atoms with van der Waals surface area (Å²) in [4.78, 5) is 0. The molecule has 0 amide bonds. The first kappa shape index (κ1) is 8.96. The molecule has 0 radical (unpaired) electrons. The van der Waals surface area contributed by atoms with Crippen molar-refractivity contribution in [1.82, 2.24) is 15.0 Å². The van der Waals surface area contributed by atoms with E-state index in [0.717, 1.165) is 5.76 Å². The third-order valence-corrected chi connectivity index (χ3v) is 2.06. The van der Waals surface area contributed by atoms with Crippen molar-refractivity contribution in [3.8, 4) is 0 Å². The van der Waals surface area contributed by atoms with Gasteiger partial charge in [-0.15, -0.1) is 5.10 Å². The van der Waals surface area contributed by atoms with Crippen LogP contribution in [0.4, 0.5) is 0 Å². The average Bonchev–Trinajstić information content (AvgIpc) is 2.73. The molecular weight excluding hydrogens is 182 g/mol. The predicted octanol–water partition coefficient (Wildman–Crippen LogP) is 0.798. The van der Waals surface area contributed by atoms with Gasteiger partial charge in [0.1, 0.15) is 11.5 Å². The molecule has 2 heterocycles. The largest absolute Gasteiger partial charge is 0.463 e. The molecule has 0 spiro atoms. The predicted molar refractivity (Wildman–Crippen MR) is 48.5 cm³/mol. The lowest BCUT2D eigenvalue weighted by atomic mass is 10.2. The Morgan fingerprint density at radius 3 is 2.79 bits per heavy atom. The molecule has 0 aliphatic rings. The van der Waals surface area contributed by atoms with Gasteiger partial charge < -0.3 is 9.52 Å². The van der Waals surface area contributed by atoms with Crippen molar-refractivity contribution >= 4 is 0 Å². The summed E-state index contributed by atoms with van der Waals surface area (Å²) in [6, 6.07) is 3.55. The van der Waals surface area contributed by atoms with Crippen molar-refractivity contribution in [2.45, 2.75) is 13.0 Å². The molecule has 0 aromatic carbocycles. The van der Waals surface area contributed by atoms with Gasteiger partial charge in [-0.25, -0.2) is 4.68 Å². The number of hydrogen-bond acceptors (Lipinski definition) is 4. The van der Waals surface area contributed by atoms with Gasteiger partial charge in [0.25, 0.3) is 0 Å². The highest BCUT2D eigenvalue weighted by Crippen LogP contribution is 2.21. The van der Waals surface area contributed by atoms with Gasteiger partial charge in [0.15, 0.2) is 6.10 Å². The summed E-state index contributed by atoms with van der Waals surface area (Å²) in [5.41, 5.74) is 0.611. The molecule has 2 aromatic rings. The van der Waals surface area contributed by atoms with Crippen molar-refractivity contribution < 1.29 is 9.52 Å². The topological polar surface area (TPSA) is 64.1 Å². The van der Waals surface area contributed by atoms with Gasteiger partial charge in [0.2, 0.25) is 0 Å². The maximum atomic E-state index is 9.88. The van der Waals surface area contributed by atoms with Gasteiger partial charge in [-0.2, -0.15) is 0 Å². The minimum Gasteiger partial charge on any atom is -0.463 e. The SMILES string of the molecule is Cc1ccc(C(O)c2cnnn2C)o1. The minimum atomic E-state index is -0.802. The van der Waals surface area contributed by atoms with Crippen LogP contribution in [-0.2, 0) is 7.05 Å². The van der Waals surface area contributed by atoms with Gasteiger partial charge in [0.05, 0.1) is 11.9 Å². The second kappa shape index (κ2) is 3.26. The molecule has 2 rings (SSSR count). The second-order valence-corrected chi connectivity index (χ2v) is 3.13. The number of aromatic nitrogens is 3. The van der Waals surface area contributed by atoms with E-state index < -0.39 is 6.10 Å². The molecule has 1 atom stereocenters. The van der Waals surface area contributed by atoms with E-state index in [4.69, 9.17) is 4.42 Å². The molecule has 0 bridgehead atoms. The molecule has 5 heteroatoms. The summed E-state index contributed by atoms with van der Waals surface area (Å²) in [7, 11) is 1.72. The molecule has 5 nitrogen and oxygen atoms in total. The molecule has 14 heavy (non-hydrogen) atoms. The highest BCUT2D eigenvalue weighted by atomic mass is 16.4. The molecule has 0 aliphatic carbocycles. The Hall–Kier alpha value is -1.62. The van der Waals surface area contributed by atoms with Crippen molar-refractivity contribution in [1.29, 1.82) is 0 Å². The summed E-state index contributed by atoms with van der Waals surface area (Å²) in [6.45, 7) is 1.83. The van der Waals surface area contributed by atoms with Crippen LogP contribution in [0.15, 0.2) is 22.7 Å². The molecule has 0 aliphatic heterocycles. The highest BCUT2D eigenvalue weighted by molar-refractivity contribution is 5.16. The van der Waals surface area contributed by atoms with Crippen LogP contribution in [-0.4, -0.2) is 20.1 Å². The van der Waals surface area contributed by atoms with Crippen LogP contribution in [0.1, 0.15) is 23.3 Å². The van der Waals surface area contributed by atoms with Gasteiger partial charge in [0, 0.05) is 7.05 Å². The summed E-state index contributed by atoms with van der Waals surface area (Å²) in [5.74, 6) is 1.28. The van der Waals surface area contributed by atoms with E-state index in [1.807, 2.05) is 13.0 Å². The second-order valence-electron chi connectivity index (χ2n) is 3.13. The Labute approximate surface area is 81.0 Å². The van der Waals surface area contributed by atoms with E-state index in [1.54, 1.807) is 13.1 Å². The van der Waals surface area contributed by atoms with Gasteiger partial charge in [-0.3, -0.25) is 0 Å². The van der Waals surface area contributed by atoms with Crippen LogP contribution in [0.2, 0.25) is 0 Å². The third-order valence-electron chi connectivity index (χ3n) is 2.06. The van der Waals surface area contributed by atoms with E-state index in [1.165, 1.54) is 10.9 Å². The summed E-state index contributed by atoms with van der Waals surface area (Å²) < 4.78 is 6.82. The van der Waals surface area contributed by atoms with E-state index >= 15 is 0 Å². The molecule has 1 unspecified atom stereocenters. The maximum absolute atomic E-state index is 9.88. The number of furan rings is 1. The molecule has 74 valence electrons. The lowest BCUT2D eigenvalue weighted by Gasteiger charge is -2.06. The molecule has 2 aromatic heterocycles. The lowest BCUT2D eigenvalue weighted by molar-refractivity contribution is 0.178. The van der Waals surface area contributed by atoms with Gasteiger partial charge in [-0.05, 0) is 19.1 Å². The van der Waals surface area contributed by atoms with E-state index in [-0.39, 0.29) is 0 Å². The quantitative estimate of drug-likeness (QED) is 0.766. The number of rotatable bonds is 2. The zero-order valence-electron chi connectivity index (χ0n) is 8.01. The van der Waals surface area contributed by atoms with Crippen molar-refractivity contribution in [2.75, 3.05) is 0 Å². The van der Waals surface area contributed by atoms with Crippen LogP contribution in [0.25, 0.3) is 0 Å². The molecular formula is C9H11N3O2. The minimum absolute atomic E-state index is 0.507. The fourth-order valence-corrected chi connectivity index (χ4v) is 1.29. The van der Waals surface area contributed by atoms with Crippen LogP contribution < -0.4 is 0 Å². The fraction of sp³-hybridized carbons (Fsp3) is 0.333. The van der Waals surface area contributed by atoms with Gasteiger partial charge in [-0.1, -0.05) is 5.21 Å². The highest BCUT2D eigenvalue weighted by Gasteiger charge is 2.17. The third kappa shape index (κ3) is 1.42. The van der Waals surface area contributed by atoms with Gasteiger partial charge >= 0.3 is 0 Å². The molecule has 0 saturated carbocycles. The van der Waals surface area contributed by atoms with Crippen molar-refractivity contribution in [3.63, 3.8) is 0 Å². The number of aliphatic hydroxyl groups is 1. The first-order chi connectivity index (χ1) is 6.68. The van der Waals surface area contributed by atoms with E-state index in [2.05, 4.69) is 10.3 Å². The molecule has 1 N–H and O–H groups in total. The summed E-state index contributed by atoms with van der Waals surface area (Å²) in [5, 5.41) is 17.3. The number of hydrogen-bond donors (Lipinski definition) is 1. The van der Waals surface area contributed by atoms with Crippen molar-refractivity contribution in [3.05, 3.63) is 35.5 Å². The molecule has 0 saturated heterocycles. The maximum Gasteiger partial charge on any atom is 0.155 e. The Morgan fingerprint density at radius 2 is 2.29 bits per heavy atom. The standard InChI is InChI=1S/C9H11N3O2/c1-6-3-4-8(14-6)9(13)7-5-10-11-12(7)2/h3-5,9,13H,1-2H3. The van der Waals surface area contributed by atoms with Crippen LogP contribution >= 0.6 is 0 Å². The smallest absolute Gasteiger partial charge is 0.155 e. The van der Waals surface area contributed by atoms with E-state index in [0.29, 0.717) is 11.5 Å².